The van der Waals surface area contributed by atoms with Crippen LogP contribution in [0.25, 0.3) is 0 Å². The molecule has 0 saturated carbocycles. The molecule has 1 aromatic rings. The van der Waals surface area contributed by atoms with Crippen LogP contribution in [0.5, 0.6) is 0 Å². The van der Waals surface area contributed by atoms with Gasteiger partial charge in [-0.05, 0) is 37.9 Å². The zero-order chi connectivity index (χ0) is 12.9. The van der Waals surface area contributed by atoms with Crippen molar-refractivity contribution >= 4 is 9.84 Å². The monoisotopic (exact) mass is 259 g/mol. The minimum Gasteiger partial charge on any atom is -0.467 e. The first-order chi connectivity index (χ1) is 7.94. The van der Waals surface area contributed by atoms with E-state index < -0.39 is 9.84 Å². The van der Waals surface area contributed by atoms with Gasteiger partial charge in [0.15, 0.2) is 0 Å². The smallest absolute Gasteiger partial charge is 0.147 e. The molecule has 98 valence electrons. The molecule has 0 radical (unpaired) electrons. The highest BCUT2D eigenvalue weighted by molar-refractivity contribution is 7.90. The molecule has 0 bridgehead atoms. The van der Waals surface area contributed by atoms with Gasteiger partial charge in [-0.25, -0.2) is 8.42 Å². The summed E-state index contributed by atoms with van der Waals surface area (Å²) in [6, 6.07) is 1.89. The molecule has 0 aliphatic carbocycles. The van der Waals surface area contributed by atoms with Crippen molar-refractivity contribution in [1.82, 2.24) is 5.32 Å². The Morgan fingerprint density at radius 1 is 1.47 bits per heavy atom. The van der Waals surface area contributed by atoms with Gasteiger partial charge in [0.05, 0.1) is 18.1 Å². The SMILES string of the molecule is CCCNC(CCS(C)(=O)=O)c1occc1C. The van der Waals surface area contributed by atoms with Crippen molar-refractivity contribution in [3.8, 4) is 0 Å². The van der Waals surface area contributed by atoms with Crippen molar-refractivity contribution in [2.24, 2.45) is 0 Å². The maximum atomic E-state index is 11.2. The molecule has 0 aromatic carbocycles. The van der Waals surface area contributed by atoms with E-state index in [9.17, 15) is 8.42 Å². The Hall–Kier alpha value is -0.810. The molecule has 1 heterocycles. The fourth-order valence-corrected chi connectivity index (χ4v) is 2.38. The summed E-state index contributed by atoms with van der Waals surface area (Å²) < 4.78 is 27.8. The summed E-state index contributed by atoms with van der Waals surface area (Å²) in [6.45, 7) is 4.91. The van der Waals surface area contributed by atoms with Gasteiger partial charge in [-0.1, -0.05) is 6.92 Å². The van der Waals surface area contributed by atoms with E-state index in [1.165, 1.54) is 6.26 Å². The number of rotatable bonds is 7. The molecule has 1 unspecified atom stereocenters. The molecule has 4 nitrogen and oxygen atoms in total. The fraction of sp³-hybridized carbons (Fsp3) is 0.667. The summed E-state index contributed by atoms with van der Waals surface area (Å²) in [7, 11) is -2.93. The van der Waals surface area contributed by atoms with Gasteiger partial charge in [0, 0.05) is 6.26 Å². The van der Waals surface area contributed by atoms with Crippen molar-refractivity contribution in [2.75, 3.05) is 18.6 Å². The molecule has 0 aliphatic heterocycles. The van der Waals surface area contributed by atoms with E-state index in [0.717, 1.165) is 24.3 Å². The summed E-state index contributed by atoms with van der Waals surface area (Å²) in [5.41, 5.74) is 1.06. The van der Waals surface area contributed by atoms with E-state index in [4.69, 9.17) is 4.42 Å². The Balaban J connectivity index is 2.71. The summed E-state index contributed by atoms with van der Waals surface area (Å²) in [5, 5.41) is 3.33. The molecule has 1 rings (SSSR count). The predicted molar refractivity (Wildman–Crippen MR) is 68.8 cm³/mol. The molecular formula is C12H21NO3S. The first kappa shape index (κ1) is 14.3. The average molecular weight is 259 g/mol. The summed E-state index contributed by atoms with van der Waals surface area (Å²) >= 11 is 0. The van der Waals surface area contributed by atoms with Crippen molar-refractivity contribution in [3.63, 3.8) is 0 Å². The van der Waals surface area contributed by atoms with Crippen LogP contribution in [0.4, 0.5) is 0 Å². The fourth-order valence-electron chi connectivity index (χ4n) is 1.72. The average Bonchev–Trinajstić information content (AvgIpc) is 2.63. The van der Waals surface area contributed by atoms with Crippen LogP contribution < -0.4 is 5.32 Å². The van der Waals surface area contributed by atoms with Crippen LogP contribution in [-0.2, 0) is 9.84 Å². The van der Waals surface area contributed by atoms with Crippen LogP contribution in [0.2, 0.25) is 0 Å². The second-order valence-corrected chi connectivity index (χ2v) is 6.65. The lowest BCUT2D eigenvalue weighted by atomic mass is 10.1. The number of aryl methyl sites for hydroxylation is 1. The number of hydrogen-bond acceptors (Lipinski definition) is 4. The van der Waals surface area contributed by atoms with Gasteiger partial charge in [-0.3, -0.25) is 0 Å². The Bertz CT molecular complexity index is 436. The number of nitrogens with one attached hydrogen (secondary N) is 1. The van der Waals surface area contributed by atoms with Crippen molar-refractivity contribution in [2.45, 2.75) is 32.7 Å². The van der Waals surface area contributed by atoms with E-state index in [1.54, 1.807) is 6.26 Å². The molecule has 1 aromatic heterocycles. The van der Waals surface area contributed by atoms with Crippen molar-refractivity contribution in [3.05, 3.63) is 23.7 Å². The van der Waals surface area contributed by atoms with E-state index in [2.05, 4.69) is 12.2 Å². The van der Waals surface area contributed by atoms with Gasteiger partial charge in [-0.2, -0.15) is 0 Å². The van der Waals surface area contributed by atoms with Gasteiger partial charge in [0.2, 0.25) is 0 Å². The maximum Gasteiger partial charge on any atom is 0.147 e. The van der Waals surface area contributed by atoms with Crippen LogP contribution in [0.1, 0.15) is 37.1 Å². The van der Waals surface area contributed by atoms with Gasteiger partial charge in [-0.15, -0.1) is 0 Å². The number of sulfone groups is 1. The first-order valence-electron chi connectivity index (χ1n) is 5.89. The summed E-state index contributed by atoms with van der Waals surface area (Å²) in [6.07, 6.45) is 4.47. The third-order valence-corrected chi connectivity index (χ3v) is 3.61. The second kappa shape index (κ2) is 6.21. The minimum absolute atomic E-state index is 0.0142. The quantitative estimate of drug-likeness (QED) is 0.814. The lowest BCUT2D eigenvalue weighted by molar-refractivity contribution is 0.402. The van der Waals surface area contributed by atoms with E-state index in [1.807, 2.05) is 13.0 Å². The summed E-state index contributed by atoms with van der Waals surface area (Å²) in [5.74, 6) is 1.02. The van der Waals surface area contributed by atoms with Crippen LogP contribution in [0, 0.1) is 6.92 Å². The summed E-state index contributed by atoms with van der Waals surface area (Å²) in [4.78, 5) is 0. The van der Waals surface area contributed by atoms with Crippen LogP contribution in [0.3, 0.4) is 0 Å². The Morgan fingerprint density at radius 2 is 2.18 bits per heavy atom. The molecule has 5 heteroatoms. The normalized spacial score (nSPS) is 13.8. The molecule has 0 spiro atoms. The standard InChI is InChI=1S/C12H21NO3S/c1-4-7-13-11(6-9-17(3,14)15)12-10(2)5-8-16-12/h5,8,11,13H,4,6-7,9H2,1-3H3. The highest BCUT2D eigenvalue weighted by Gasteiger charge is 2.18. The molecular weight excluding hydrogens is 238 g/mol. The molecule has 1 atom stereocenters. The van der Waals surface area contributed by atoms with Gasteiger partial charge in [0.1, 0.15) is 15.6 Å². The number of hydrogen-bond donors (Lipinski definition) is 1. The Kier molecular flexibility index (Phi) is 5.21. The number of furan rings is 1. The maximum absolute atomic E-state index is 11.2. The van der Waals surface area contributed by atoms with Crippen LogP contribution >= 0.6 is 0 Å². The minimum atomic E-state index is -2.93. The molecule has 0 fully saturated rings. The van der Waals surface area contributed by atoms with E-state index in [0.29, 0.717) is 6.42 Å². The zero-order valence-electron chi connectivity index (χ0n) is 10.7. The topological polar surface area (TPSA) is 59.3 Å². The van der Waals surface area contributed by atoms with E-state index in [-0.39, 0.29) is 11.8 Å². The molecule has 0 amide bonds. The lowest BCUT2D eigenvalue weighted by Gasteiger charge is -2.16. The molecule has 17 heavy (non-hydrogen) atoms. The second-order valence-electron chi connectivity index (χ2n) is 4.39. The van der Waals surface area contributed by atoms with Crippen molar-refractivity contribution in [1.29, 1.82) is 0 Å². The van der Waals surface area contributed by atoms with Crippen LogP contribution in [0.15, 0.2) is 16.7 Å². The predicted octanol–water partition coefficient (Wildman–Crippen LogP) is 2.06. The highest BCUT2D eigenvalue weighted by Crippen LogP contribution is 2.22. The molecule has 0 saturated heterocycles. The lowest BCUT2D eigenvalue weighted by Crippen LogP contribution is -2.24. The van der Waals surface area contributed by atoms with Gasteiger partial charge < -0.3 is 9.73 Å². The zero-order valence-corrected chi connectivity index (χ0v) is 11.5. The molecule has 0 aliphatic rings. The molecule has 1 N–H and O–H groups in total. The third kappa shape index (κ3) is 4.91. The largest absolute Gasteiger partial charge is 0.467 e. The third-order valence-electron chi connectivity index (χ3n) is 2.64. The Labute approximate surface area is 103 Å². The van der Waals surface area contributed by atoms with Crippen molar-refractivity contribution < 1.29 is 12.8 Å². The van der Waals surface area contributed by atoms with Crippen LogP contribution in [-0.4, -0.2) is 27.0 Å². The van der Waals surface area contributed by atoms with E-state index >= 15 is 0 Å². The van der Waals surface area contributed by atoms with Gasteiger partial charge in [0.25, 0.3) is 0 Å². The highest BCUT2D eigenvalue weighted by atomic mass is 32.2. The van der Waals surface area contributed by atoms with Gasteiger partial charge >= 0.3 is 0 Å². The Morgan fingerprint density at radius 3 is 2.65 bits per heavy atom. The first-order valence-corrected chi connectivity index (χ1v) is 7.95.